The molecule has 1 N–H and O–H groups in total. The second kappa shape index (κ2) is 7.84. The summed E-state index contributed by atoms with van der Waals surface area (Å²) in [5, 5.41) is 14.0. The number of benzene rings is 2. The van der Waals surface area contributed by atoms with Gasteiger partial charge < -0.3 is 18.9 Å². The van der Waals surface area contributed by atoms with E-state index in [1.165, 1.54) is 25.2 Å². The molecule has 0 amide bonds. The van der Waals surface area contributed by atoms with Crippen molar-refractivity contribution < 1.29 is 19.3 Å². The summed E-state index contributed by atoms with van der Waals surface area (Å²) in [6.45, 7) is 1.15. The molecule has 0 saturated carbocycles. The molecule has 0 aliphatic rings. The van der Waals surface area contributed by atoms with Crippen molar-refractivity contribution in [3.63, 3.8) is 0 Å². The number of nitro benzene ring substituents is 1. The number of hydrogen-bond donors (Lipinski definition) is 1. The molecular formula is C22H23N4O5+. The average Bonchev–Trinajstić information content (AvgIpc) is 2.76. The molecule has 31 heavy (non-hydrogen) atoms. The van der Waals surface area contributed by atoms with E-state index in [-0.39, 0.29) is 16.8 Å². The van der Waals surface area contributed by atoms with E-state index in [0.717, 1.165) is 5.39 Å². The molecule has 0 radical (unpaired) electrons. The fourth-order valence-electron chi connectivity index (χ4n) is 3.90. The number of nitrogens with zero attached hydrogens (tertiary/aromatic N) is 3. The molecule has 9 heteroatoms. The van der Waals surface area contributed by atoms with Crippen LogP contribution in [0.4, 0.5) is 5.69 Å². The summed E-state index contributed by atoms with van der Waals surface area (Å²) in [6, 6.07) is 8.23. The van der Waals surface area contributed by atoms with Crippen LogP contribution >= 0.6 is 0 Å². The van der Waals surface area contributed by atoms with Crippen molar-refractivity contribution in [2.45, 2.75) is 6.54 Å². The van der Waals surface area contributed by atoms with Crippen LogP contribution < -0.4 is 19.9 Å². The van der Waals surface area contributed by atoms with Crippen molar-refractivity contribution in [3.8, 4) is 11.5 Å². The number of nitrogens with one attached hydrogen (secondary N) is 1. The van der Waals surface area contributed by atoms with E-state index < -0.39 is 4.92 Å². The lowest BCUT2D eigenvalue weighted by atomic mass is 10.0. The Bertz CT molecular complexity index is 1390. The van der Waals surface area contributed by atoms with Gasteiger partial charge in [-0.25, -0.2) is 4.98 Å². The molecular weight excluding hydrogens is 400 g/mol. The molecule has 4 aromatic rings. The first-order valence-electron chi connectivity index (χ1n) is 9.80. The third kappa shape index (κ3) is 3.32. The SMILES string of the molecule is COc1cc2c(=O)n(CC[NH+](C)C)c3c4cccc([N+](=O)[O-])c4ncc3c2cc1OC. The highest BCUT2D eigenvalue weighted by Gasteiger charge is 2.21. The lowest BCUT2D eigenvalue weighted by molar-refractivity contribution is -0.858. The zero-order chi connectivity index (χ0) is 22.3. The van der Waals surface area contributed by atoms with Gasteiger partial charge in [-0.1, -0.05) is 12.1 Å². The second-order valence-corrected chi connectivity index (χ2v) is 7.62. The highest BCUT2D eigenvalue weighted by atomic mass is 16.6. The van der Waals surface area contributed by atoms with Crippen LogP contribution in [-0.4, -0.2) is 49.3 Å². The third-order valence-electron chi connectivity index (χ3n) is 5.44. The Hall–Kier alpha value is -3.72. The van der Waals surface area contributed by atoms with Crippen molar-refractivity contribution in [1.29, 1.82) is 0 Å². The van der Waals surface area contributed by atoms with Crippen LogP contribution in [0.2, 0.25) is 0 Å². The number of non-ortho nitro benzene ring substituents is 1. The smallest absolute Gasteiger partial charge is 0.295 e. The highest BCUT2D eigenvalue weighted by molar-refractivity contribution is 6.15. The first kappa shape index (κ1) is 20.5. The fraction of sp³-hybridized carbons (Fsp3) is 0.273. The maximum Gasteiger partial charge on any atom is 0.295 e. The monoisotopic (exact) mass is 423 g/mol. The Labute approximate surface area is 177 Å². The van der Waals surface area contributed by atoms with E-state index in [1.54, 1.807) is 35.0 Å². The van der Waals surface area contributed by atoms with Crippen LogP contribution in [0.15, 0.2) is 41.3 Å². The molecule has 4 rings (SSSR count). The largest absolute Gasteiger partial charge is 0.493 e. The van der Waals surface area contributed by atoms with Crippen molar-refractivity contribution in [2.24, 2.45) is 0 Å². The summed E-state index contributed by atoms with van der Waals surface area (Å²) in [6.07, 6.45) is 1.59. The van der Waals surface area contributed by atoms with E-state index in [0.29, 0.717) is 46.3 Å². The van der Waals surface area contributed by atoms with E-state index in [9.17, 15) is 14.9 Å². The van der Waals surface area contributed by atoms with Gasteiger partial charge in [0.15, 0.2) is 11.5 Å². The molecule has 0 saturated heterocycles. The number of likely N-dealkylation sites (N-methyl/N-ethyl adjacent to an activating group) is 1. The summed E-state index contributed by atoms with van der Waals surface area (Å²) in [4.78, 5) is 30.3. The van der Waals surface area contributed by atoms with Crippen molar-refractivity contribution in [2.75, 3.05) is 34.9 Å². The van der Waals surface area contributed by atoms with Crippen LogP contribution in [0, 0.1) is 10.1 Å². The maximum absolute atomic E-state index is 13.6. The number of aromatic nitrogens is 2. The van der Waals surface area contributed by atoms with E-state index in [1.807, 2.05) is 14.1 Å². The van der Waals surface area contributed by atoms with Crippen molar-refractivity contribution in [3.05, 3.63) is 57.0 Å². The number of rotatable bonds is 6. The van der Waals surface area contributed by atoms with E-state index in [2.05, 4.69) is 4.98 Å². The van der Waals surface area contributed by atoms with E-state index >= 15 is 0 Å². The van der Waals surface area contributed by atoms with Gasteiger partial charge in [0.1, 0.15) is 5.52 Å². The Kier molecular flexibility index (Phi) is 5.20. The number of para-hydroxylation sites is 1. The molecule has 0 spiro atoms. The Morgan fingerprint density at radius 3 is 2.35 bits per heavy atom. The molecule has 0 aliphatic carbocycles. The maximum atomic E-state index is 13.6. The molecule has 160 valence electrons. The quantitative estimate of drug-likeness (QED) is 0.288. The fourth-order valence-corrected chi connectivity index (χ4v) is 3.90. The molecule has 0 bridgehead atoms. The van der Waals surface area contributed by atoms with Crippen molar-refractivity contribution in [1.82, 2.24) is 9.55 Å². The van der Waals surface area contributed by atoms with Gasteiger partial charge in [-0.2, -0.15) is 0 Å². The standard InChI is InChI=1S/C22H22N4O5/c1-24(2)8-9-25-21-13-6-5-7-17(26(28)29)20(13)23-12-16(21)14-10-18(30-3)19(31-4)11-15(14)22(25)27/h5-7,10-12H,8-9H2,1-4H3/p+1. The molecule has 2 aromatic heterocycles. The number of ether oxygens (including phenoxy) is 2. The first-order valence-corrected chi connectivity index (χ1v) is 9.80. The van der Waals surface area contributed by atoms with Gasteiger partial charge in [0.25, 0.3) is 11.2 Å². The highest BCUT2D eigenvalue weighted by Crippen LogP contribution is 2.36. The summed E-state index contributed by atoms with van der Waals surface area (Å²) >= 11 is 0. The normalized spacial score (nSPS) is 11.5. The lowest BCUT2D eigenvalue weighted by Gasteiger charge is -2.17. The number of pyridine rings is 2. The van der Waals surface area contributed by atoms with Crippen LogP contribution in [0.25, 0.3) is 32.6 Å². The predicted molar refractivity (Wildman–Crippen MR) is 118 cm³/mol. The number of methoxy groups -OCH3 is 2. The minimum Gasteiger partial charge on any atom is -0.493 e. The Morgan fingerprint density at radius 1 is 1.06 bits per heavy atom. The van der Waals surface area contributed by atoms with Crippen LogP contribution in [0.3, 0.4) is 0 Å². The van der Waals surface area contributed by atoms with Gasteiger partial charge >= 0.3 is 0 Å². The number of quaternary nitrogens is 1. The van der Waals surface area contributed by atoms with Crippen molar-refractivity contribution >= 4 is 38.3 Å². The molecule has 2 heterocycles. The minimum absolute atomic E-state index is 0.0935. The zero-order valence-electron chi connectivity index (χ0n) is 17.8. The second-order valence-electron chi connectivity index (χ2n) is 7.62. The zero-order valence-corrected chi connectivity index (χ0v) is 17.8. The molecule has 0 fully saturated rings. The van der Waals surface area contributed by atoms with E-state index in [4.69, 9.17) is 9.47 Å². The molecule has 2 aromatic carbocycles. The van der Waals surface area contributed by atoms with Gasteiger partial charge in [-0.15, -0.1) is 0 Å². The Morgan fingerprint density at radius 2 is 1.74 bits per heavy atom. The lowest BCUT2D eigenvalue weighted by Crippen LogP contribution is -3.06. The summed E-state index contributed by atoms with van der Waals surface area (Å²) in [5.41, 5.74) is 0.595. The number of nitro groups is 1. The van der Waals surface area contributed by atoms with Gasteiger partial charge in [-0.05, 0) is 12.1 Å². The molecule has 0 atom stereocenters. The minimum atomic E-state index is -0.456. The Balaban J connectivity index is 2.22. The van der Waals surface area contributed by atoms with Gasteiger partial charge in [-0.3, -0.25) is 14.9 Å². The average molecular weight is 423 g/mol. The van der Waals surface area contributed by atoms with Gasteiger partial charge in [0, 0.05) is 28.4 Å². The molecule has 0 unspecified atom stereocenters. The molecule has 9 nitrogen and oxygen atoms in total. The molecule has 0 aliphatic heterocycles. The topological polar surface area (TPSA) is 101 Å². The first-order chi connectivity index (χ1) is 14.9. The van der Waals surface area contributed by atoms with Gasteiger partial charge in [0.05, 0.1) is 57.2 Å². The summed E-state index contributed by atoms with van der Waals surface area (Å²) < 4.78 is 12.5. The predicted octanol–water partition coefficient (Wildman–Crippen LogP) is 1.77. The van der Waals surface area contributed by atoms with Crippen LogP contribution in [-0.2, 0) is 6.54 Å². The van der Waals surface area contributed by atoms with Crippen LogP contribution in [0.5, 0.6) is 11.5 Å². The van der Waals surface area contributed by atoms with Crippen LogP contribution in [0.1, 0.15) is 0 Å². The summed E-state index contributed by atoms with van der Waals surface area (Å²) in [5.74, 6) is 0.950. The summed E-state index contributed by atoms with van der Waals surface area (Å²) in [7, 11) is 7.07. The number of hydrogen-bond acceptors (Lipinski definition) is 6. The van der Waals surface area contributed by atoms with Gasteiger partial charge in [0.2, 0.25) is 0 Å². The third-order valence-corrected chi connectivity index (χ3v) is 5.44. The number of fused-ring (bicyclic) bond motifs is 5.